The third-order valence-corrected chi connectivity index (χ3v) is 9.85. The molecule has 1 heterocycles. The van der Waals surface area contributed by atoms with Crippen LogP contribution in [0.5, 0.6) is 0 Å². The summed E-state index contributed by atoms with van der Waals surface area (Å²) < 4.78 is 18.5. The molecule has 0 N–H and O–H groups in total. The first kappa shape index (κ1) is 17.1. The van der Waals surface area contributed by atoms with E-state index in [1.54, 1.807) is 0 Å². The summed E-state index contributed by atoms with van der Waals surface area (Å²) in [6, 6.07) is 3.33. The average molecular weight is 314 g/mol. The molecule has 0 amide bonds. The summed E-state index contributed by atoms with van der Waals surface area (Å²) >= 11 is 0. The lowest BCUT2D eigenvalue weighted by Gasteiger charge is -2.40. The molecule has 2 rings (SSSR count). The number of ether oxygens (including phenoxy) is 2. The van der Waals surface area contributed by atoms with Gasteiger partial charge in [0, 0.05) is 5.92 Å². The summed E-state index contributed by atoms with van der Waals surface area (Å²) in [7, 11) is -1.71. The van der Waals surface area contributed by atoms with Crippen molar-refractivity contribution in [2.24, 2.45) is 5.92 Å². The molecule has 21 heavy (non-hydrogen) atoms. The third-order valence-electron chi connectivity index (χ3n) is 5.18. The van der Waals surface area contributed by atoms with Crippen LogP contribution >= 0.6 is 0 Å². The van der Waals surface area contributed by atoms with Crippen molar-refractivity contribution in [2.45, 2.75) is 90.2 Å². The van der Waals surface area contributed by atoms with E-state index in [0.717, 1.165) is 24.6 Å². The van der Waals surface area contributed by atoms with E-state index in [1.807, 2.05) is 20.8 Å². The number of carbonyl (C=O) groups is 1. The van der Waals surface area contributed by atoms with E-state index < -0.39 is 20.2 Å². The van der Waals surface area contributed by atoms with E-state index in [9.17, 15) is 4.79 Å². The zero-order valence-corrected chi connectivity index (χ0v) is 15.3. The van der Waals surface area contributed by atoms with Gasteiger partial charge in [-0.05, 0) is 38.4 Å². The van der Waals surface area contributed by atoms with E-state index in [0.29, 0.717) is 0 Å². The molecule has 0 unspecified atom stereocenters. The van der Waals surface area contributed by atoms with Crippen LogP contribution in [-0.2, 0) is 18.7 Å². The number of hydrogen-bond acceptors (Lipinski definition) is 4. The van der Waals surface area contributed by atoms with Gasteiger partial charge in [-0.25, -0.2) is 0 Å². The lowest BCUT2D eigenvalue weighted by atomic mass is 9.83. The van der Waals surface area contributed by atoms with Gasteiger partial charge in [0.2, 0.25) is 0 Å². The molecule has 1 saturated carbocycles. The van der Waals surface area contributed by atoms with Crippen molar-refractivity contribution < 1.29 is 18.7 Å². The number of fused-ring (bicyclic) bond motifs is 1. The molecule has 2 fully saturated rings. The number of rotatable bonds is 5. The number of carbonyl (C=O) groups excluding carboxylic acids is 1. The van der Waals surface area contributed by atoms with Gasteiger partial charge in [-0.1, -0.05) is 27.7 Å². The Morgan fingerprint density at radius 1 is 1.19 bits per heavy atom. The summed E-state index contributed by atoms with van der Waals surface area (Å²) in [5, 5.41) is 0. The first-order valence-corrected chi connectivity index (χ1v) is 10.9. The summed E-state index contributed by atoms with van der Waals surface area (Å²) in [4.78, 5) is 12.4. The second-order valence-corrected chi connectivity index (χ2v) is 11.7. The Morgan fingerprint density at radius 3 is 2.29 bits per heavy atom. The van der Waals surface area contributed by atoms with Crippen molar-refractivity contribution in [3.8, 4) is 0 Å². The minimum atomic E-state index is -1.71. The maximum atomic E-state index is 12.4. The fourth-order valence-electron chi connectivity index (χ4n) is 3.60. The average Bonchev–Trinajstić information content (AvgIpc) is 2.78. The predicted molar refractivity (Wildman–Crippen MR) is 84.7 cm³/mol. The highest BCUT2D eigenvalue weighted by Crippen LogP contribution is 2.40. The zero-order valence-electron chi connectivity index (χ0n) is 14.3. The van der Waals surface area contributed by atoms with Gasteiger partial charge in [-0.2, -0.15) is 0 Å². The third kappa shape index (κ3) is 3.26. The molecule has 2 aliphatic rings. The Labute approximate surface area is 129 Å². The quantitative estimate of drug-likeness (QED) is 0.729. The van der Waals surface area contributed by atoms with Gasteiger partial charge >= 0.3 is 0 Å². The van der Waals surface area contributed by atoms with Crippen LogP contribution in [0.2, 0.25) is 18.1 Å². The topological polar surface area (TPSA) is 44.8 Å². The Morgan fingerprint density at radius 2 is 1.76 bits per heavy atom. The fourth-order valence-corrected chi connectivity index (χ4v) is 6.47. The minimum Gasteiger partial charge on any atom is -0.411 e. The molecule has 0 bridgehead atoms. The van der Waals surface area contributed by atoms with Crippen molar-refractivity contribution in [3.63, 3.8) is 0 Å². The Balaban J connectivity index is 2.21. The lowest BCUT2D eigenvalue weighted by Crippen LogP contribution is -2.54. The highest BCUT2D eigenvalue weighted by Gasteiger charge is 2.54. The molecule has 122 valence electrons. The van der Waals surface area contributed by atoms with Crippen LogP contribution in [0, 0.1) is 5.92 Å². The van der Waals surface area contributed by atoms with Gasteiger partial charge in [-0.15, -0.1) is 0 Å². The second-order valence-electron chi connectivity index (χ2n) is 6.96. The monoisotopic (exact) mass is 314 g/mol. The Hall–Kier alpha value is -0.233. The van der Waals surface area contributed by atoms with Crippen molar-refractivity contribution in [2.75, 3.05) is 0 Å². The number of Topliss-reactive ketones (excluding diaryl/α,β-unsaturated/α-hetero) is 1. The maximum Gasteiger partial charge on any atom is 0.192 e. The van der Waals surface area contributed by atoms with Crippen molar-refractivity contribution in [1.29, 1.82) is 0 Å². The molecule has 4 nitrogen and oxygen atoms in total. The molecule has 0 spiro atoms. The minimum absolute atomic E-state index is 0.00371. The van der Waals surface area contributed by atoms with Gasteiger partial charge in [-0.3, -0.25) is 4.79 Å². The van der Waals surface area contributed by atoms with Crippen LogP contribution in [0.3, 0.4) is 0 Å². The highest BCUT2D eigenvalue weighted by molar-refractivity contribution is 6.73. The highest BCUT2D eigenvalue weighted by atomic mass is 28.4. The lowest BCUT2D eigenvalue weighted by molar-refractivity contribution is -0.156. The van der Waals surface area contributed by atoms with E-state index in [-0.39, 0.29) is 23.9 Å². The van der Waals surface area contributed by atoms with Gasteiger partial charge < -0.3 is 13.9 Å². The number of ketones is 1. The van der Waals surface area contributed by atoms with E-state index in [1.165, 1.54) is 0 Å². The summed E-state index contributed by atoms with van der Waals surface area (Å²) in [6.07, 6.45) is 0.0658. The standard InChI is InChI=1S/C16H30O4Si/c1-7-21(8-2,9-3)20-12-10-11(4)13(17)15-14(12)18-16(5,6)19-15/h11-12,14-15H,7-10H2,1-6H3/t11-,12+,14+,15-/m0/s1. The number of hydrogen-bond donors (Lipinski definition) is 0. The first-order valence-electron chi connectivity index (χ1n) is 8.34. The molecule has 1 aliphatic carbocycles. The molecule has 5 heteroatoms. The normalized spacial score (nSPS) is 35.8. The van der Waals surface area contributed by atoms with E-state index in [4.69, 9.17) is 13.9 Å². The van der Waals surface area contributed by atoms with Gasteiger partial charge in [0.25, 0.3) is 0 Å². The predicted octanol–water partition coefficient (Wildman–Crippen LogP) is 3.51. The molecule has 0 aromatic carbocycles. The van der Waals surface area contributed by atoms with Crippen LogP contribution in [0.1, 0.15) is 48.0 Å². The van der Waals surface area contributed by atoms with E-state index >= 15 is 0 Å². The molecule has 1 aliphatic heterocycles. The largest absolute Gasteiger partial charge is 0.411 e. The van der Waals surface area contributed by atoms with Crippen LogP contribution < -0.4 is 0 Å². The SMILES string of the molecule is CC[Si](CC)(CC)O[C@@H]1C[C@H](C)C(=O)[C@@H]2OC(C)(C)O[C@H]12. The summed E-state index contributed by atoms with van der Waals surface area (Å²) in [6.45, 7) is 12.4. The molecule has 0 radical (unpaired) electrons. The second kappa shape index (κ2) is 6.11. The van der Waals surface area contributed by atoms with Crippen LogP contribution in [0.15, 0.2) is 0 Å². The molecule has 4 atom stereocenters. The van der Waals surface area contributed by atoms with E-state index in [2.05, 4.69) is 20.8 Å². The van der Waals surface area contributed by atoms with Crippen molar-refractivity contribution in [3.05, 3.63) is 0 Å². The molecule has 0 aromatic heterocycles. The van der Waals surface area contributed by atoms with Crippen LogP contribution in [0.4, 0.5) is 0 Å². The summed E-state index contributed by atoms with van der Waals surface area (Å²) in [5.41, 5.74) is 0. The van der Waals surface area contributed by atoms with Crippen molar-refractivity contribution in [1.82, 2.24) is 0 Å². The molecular weight excluding hydrogens is 284 g/mol. The summed E-state index contributed by atoms with van der Waals surface area (Å²) in [5.74, 6) is -0.529. The van der Waals surface area contributed by atoms with Gasteiger partial charge in [0.15, 0.2) is 19.9 Å². The van der Waals surface area contributed by atoms with Gasteiger partial charge in [0.05, 0.1) is 6.10 Å². The fraction of sp³-hybridized carbons (Fsp3) is 0.938. The van der Waals surface area contributed by atoms with Crippen LogP contribution in [0.25, 0.3) is 0 Å². The Kier molecular flexibility index (Phi) is 4.98. The smallest absolute Gasteiger partial charge is 0.192 e. The van der Waals surface area contributed by atoms with Crippen molar-refractivity contribution >= 4 is 14.1 Å². The van der Waals surface area contributed by atoms with Gasteiger partial charge in [0.1, 0.15) is 12.2 Å². The van der Waals surface area contributed by atoms with Crippen LogP contribution in [-0.4, -0.2) is 38.2 Å². The molecule has 0 aromatic rings. The maximum absolute atomic E-state index is 12.4. The zero-order chi connectivity index (χ0) is 15.8. The molecule has 1 saturated heterocycles. The molecular formula is C16H30O4Si. The Bertz CT molecular complexity index is 383. The first-order chi connectivity index (χ1) is 9.77.